The molecule has 0 spiro atoms. The first-order chi connectivity index (χ1) is 12.0. The van der Waals surface area contributed by atoms with Gasteiger partial charge in [-0.05, 0) is 29.9 Å². The number of nitrogens with zero attached hydrogens (tertiary/aromatic N) is 2. The first-order valence-electron chi connectivity index (χ1n) is 8.26. The van der Waals surface area contributed by atoms with Crippen molar-refractivity contribution >= 4 is 28.9 Å². The molecule has 4 nitrogen and oxygen atoms in total. The Morgan fingerprint density at radius 2 is 2.08 bits per heavy atom. The lowest BCUT2D eigenvalue weighted by atomic mass is 10.1. The van der Waals surface area contributed by atoms with Crippen LogP contribution in [0.3, 0.4) is 0 Å². The second-order valence-corrected chi connectivity index (χ2v) is 6.59. The van der Waals surface area contributed by atoms with Gasteiger partial charge < -0.3 is 15.1 Å². The molecule has 132 valence electrons. The summed E-state index contributed by atoms with van der Waals surface area (Å²) < 4.78 is 13.4. The van der Waals surface area contributed by atoms with Crippen LogP contribution < -0.4 is 15.1 Å². The third-order valence-electron chi connectivity index (χ3n) is 4.46. The highest BCUT2D eigenvalue weighted by Crippen LogP contribution is 2.41. The van der Waals surface area contributed by atoms with E-state index in [4.69, 9.17) is 11.6 Å². The van der Waals surface area contributed by atoms with Gasteiger partial charge in [-0.2, -0.15) is 0 Å². The van der Waals surface area contributed by atoms with Gasteiger partial charge in [0, 0.05) is 37.4 Å². The van der Waals surface area contributed by atoms with Crippen LogP contribution in [0, 0.1) is 0 Å². The molecule has 1 saturated heterocycles. The number of hydrogen-bond acceptors (Lipinski definition) is 3. The second-order valence-electron chi connectivity index (χ2n) is 6.18. The summed E-state index contributed by atoms with van der Waals surface area (Å²) in [5.41, 5.74) is 3.23. The van der Waals surface area contributed by atoms with Crippen LogP contribution in [-0.2, 0) is 11.2 Å². The maximum absolute atomic E-state index is 13.4. The second kappa shape index (κ2) is 7.42. The average Bonchev–Trinajstić information content (AvgIpc) is 2.90. The Morgan fingerprint density at radius 1 is 1.36 bits per heavy atom. The Balaban J connectivity index is 1.91. The lowest BCUT2D eigenvalue weighted by molar-refractivity contribution is -0.117. The van der Waals surface area contributed by atoms with Crippen LogP contribution in [-0.4, -0.2) is 38.6 Å². The highest BCUT2D eigenvalue weighted by molar-refractivity contribution is 6.34. The Morgan fingerprint density at radius 3 is 2.76 bits per heavy atom. The van der Waals surface area contributed by atoms with Crippen molar-refractivity contribution in [2.24, 2.45) is 0 Å². The van der Waals surface area contributed by atoms with Crippen molar-refractivity contribution in [2.45, 2.75) is 6.42 Å². The van der Waals surface area contributed by atoms with Crippen molar-refractivity contribution in [1.82, 2.24) is 5.32 Å². The Labute approximate surface area is 152 Å². The number of halogens is 2. The Kier molecular flexibility index (Phi) is 5.25. The summed E-state index contributed by atoms with van der Waals surface area (Å²) in [6, 6.07) is 3.68. The third kappa shape index (κ3) is 3.62. The minimum atomic E-state index is -0.463. The molecule has 0 aliphatic carbocycles. The average molecular weight is 362 g/mol. The number of anilines is 2. The van der Waals surface area contributed by atoms with Gasteiger partial charge in [0.15, 0.2) is 0 Å². The summed E-state index contributed by atoms with van der Waals surface area (Å²) >= 11 is 6.45. The molecule has 25 heavy (non-hydrogen) atoms. The first kappa shape index (κ1) is 17.7. The molecule has 1 aromatic rings. The summed E-state index contributed by atoms with van der Waals surface area (Å²) in [6.07, 6.45) is 2.72. The van der Waals surface area contributed by atoms with Crippen LogP contribution in [0.15, 0.2) is 48.8 Å². The molecule has 1 amide bonds. The van der Waals surface area contributed by atoms with E-state index in [9.17, 15) is 9.18 Å². The van der Waals surface area contributed by atoms with Crippen molar-refractivity contribution in [3.05, 3.63) is 59.4 Å². The van der Waals surface area contributed by atoms with E-state index in [2.05, 4.69) is 23.4 Å². The number of rotatable bonds is 5. The number of carbonyl (C=O) groups excluding carboxylic acids is 1. The molecule has 0 unspecified atom stereocenters. The summed E-state index contributed by atoms with van der Waals surface area (Å²) in [5.74, 6) is -0.489. The van der Waals surface area contributed by atoms with Crippen molar-refractivity contribution in [3.63, 3.8) is 0 Å². The van der Waals surface area contributed by atoms with E-state index in [1.54, 1.807) is 4.90 Å². The summed E-state index contributed by atoms with van der Waals surface area (Å²) in [6.45, 7) is 10.9. The fourth-order valence-electron chi connectivity index (χ4n) is 3.31. The first-order valence-corrected chi connectivity index (χ1v) is 8.64. The zero-order valence-electron chi connectivity index (χ0n) is 14.0. The number of hydrogen-bond donors (Lipinski definition) is 1. The zero-order valence-corrected chi connectivity index (χ0v) is 14.8. The van der Waals surface area contributed by atoms with Crippen LogP contribution in [0.5, 0.6) is 0 Å². The van der Waals surface area contributed by atoms with Gasteiger partial charge in [0.1, 0.15) is 5.83 Å². The molecule has 0 radical (unpaired) electrons. The fraction of sp³-hybridized carbons (Fsp3) is 0.316. The standard InChI is InChI=1S/C19H21ClFN3O/c1-3-14(21)10-13(2)12-24-17-5-4-16(20)19(15(17)11-18(24)25)23-8-6-22-7-9-23/h3-5,10,22H,1-2,6-9,11-12H2/b14-10+. The molecule has 1 fully saturated rings. The molecule has 2 aliphatic rings. The minimum Gasteiger partial charge on any atom is -0.367 e. The van der Waals surface area contributed by atoms with Gasteiger partial charge in [0.2, 0.25) is 5.91 Å². The Hall–Kier alpha value is -2.11. The molecule has 1 N–H and O–H groups in total. The van der Waals surface area contributed by atoms with Crippen molar-refractivity contribution < 1.29 is 9.18 Å². The SMILES string of the molecule is C=C/C(F)=C\C(=C)CN1C(=O)Cc2c1ccc(Cl)c2N1CCNCC1. The lowest BCUT2D eigenvalue weighted by Gasteiger charge is -2.32. The Bertz CT molecular complexity index is 753. The van der Waals surface area contributed by atoms with Gasteiger partial charge >= 0.3 is 0 Å². The maximum Gasteiger partial charge on any atom is 0.231 e. The lowest BCUT2D eigenvalue weighted by Crippen LogP contribution is -2.44. The van der Waals surface area contributed by atoms with Gasteiger partial charge in [-0.25, -0.2) is 4.39 Å². The van der Waals surface area contributed by atoms with E-state index < -0.39 is 5.83 Å². The molecular formula is C19H21ClFN3O. The number of piperazine rings is 1. The quantitative estimate of drug-likeness (QED) is 0.818. The van der Waals surface area contributed by atoms with Crippen LogP contribution in [0.1, 0.15) is 5.56 Å². The number of fused-ring (bicyclic) bond motifs is 1. The van der Waals surface area contributed by atoms with Gasteiger partial charge in [0.25, 0.3) is 0 Å². The highest BCUT2D eigenvalue weighted by atomic mass is 35.5. The monoisotopic (exact) mass is 361 g/mol. The van der Waals surface area contributed by atoms with Gasteiger partial charge in [0.05, 0.1) is 23.7 Å². The molecular weight excluding hydrogens is 341 g/mol. The highest BCUT2D eigenvalue weighted by Gasteiger charge is 2.32. The molecule has 1 aromatic carbocycles. The summed E-state index contributed by atoms with van der Waals surface area (Å²) in [7, 11) is 0. The molecule has 3 rings (SSSR count). The van der Waals surface area contributed by atoms with Crippen LogP contribution in [0.2, 0.25) is 5.02 Å². The van der Waals surface area contributed by atoms with Crippen molar-refractivity contribution in [1.29, 1.82) is 0 Å². The van der Waals surface area contributed by atoms with Gasteiger partial charge in [-0.1, -0.05) is 24.8 Å². The van der Waals surface area contributed by atoms with Crippen molar-refractivity contribution in [3.8, 4) is 0 Å². The van der Waals surface area contributed by atoms with Crippen molar-refractivity contribution in [2.75, 3.05) is 42.5 Å². The number of amides is 1. The van der Waals surface area contributed by atoms with E-state index in [0.29, 0.717) is 17.0 Å². The molecule has 6 heteroatoms. The van der Waals surface area contributed by atoms with Crippen LogP contribution in [0.25, 0.3) is 0 Å². The molecule has 0 bridgehead atoms. The van der Waals surface area contributed by atoms with Crippen LogP contribution in [0.4, 0.5) is 15.8 Å². The number of benzene rings is 1. The largest absolute Gasteiger partial charge is 0.367 e. The number of carbonyl (C=O) groups is 1. The minimum absolute atomic E-state index is 0.0257. The number of nitrogens with one attached hydrogen (secondary N) is 1. The molecule has 2 heterocycles. The van der Waals surface area contributed by atoms with E-state index in [1.165, 1.54) is 6.08 Å². The van der Waals surface area contributed by atoms with Gasteiger partial charge in [-0.15, -0.1) is 0 Å². The molecule has 0 saturated carbocycles. The summed E-state index contributed by atoms with van der Waals surface area (Å²) in [4.78, 5) is 16.4. The van der Waals surface area contributed by atoms with E-state index >= 15 is 0 Å². The van der Waals surface area contributed by atoms with E-state index in [1.807, 2.05) is 12.1 Å². The molecule has 0 atom stereocenters. The molecule has 2 aliphatic heterocycles. The van der Waals surface area contributed by atoms with E-state index in [-0.39, 0.29) is 12.5 Å². The molecule has 0 aromatic heterocycles. The van der Waals surface area contributed by atoms with Crippen LogP contribution >= 0.6 is 11.6 Å². The third-order valence-corrected chi connectivity index (χ3v) is 4.77. The predicted octanol–water partition coefficient (Wildman–Crippen LogP) is 3.23. The normalized spacial score (nSPS) is 17.7. The summed E-state index contributed by atoms with van der Waals surface area (Å²) in [5, 5.41) is 3.97. The number of allylic oxidation sites excluding steroid dienone is 2. The van der Waals surface area contributed by atoms with Gasteiger partial charge in [-0.3, -0.25) is 4.79 Å². The predicted molar refractivity (Wildman–Crippen MR) is 101 cm³/mol. The zero-order chi connectivity index (χ0) is 18.0. The van der Waals surface area contributed by atoms with E-state index in [0.717, 1.165) is 49.2 Å². The maximum atomic E-state index is 13.4. The fourth-order valence-corrected chi connectivity index (χ4v) is 3.61. The smallest absolute Gasteiger partial charge is 0.231 e. The topological polar surface area (TPSA) is 35.6 Å².